The lowest BCUT2D eigenvalue weighted by Gasteiger charge is -2.20. The van der Waals surface area contributed by atoms with Crippen molar-refractivity contribution in [2.24, 2.45) is 0 Å². The van der Waals surface area contributed by atoms with Crippen LogP contribution in [0.1, 0.15) is 51.3 Å². The summed E-state index contributed by atoms with van der Waals surface area (Å²) in [6.45, 7) is 14.0. The van der Waals surface area contributed by atoms with Crippen LogP contribution in [0.4, 0.5) is 5.69 Å². The highest BCUT2D eigenvalue weighted by Gasteiger charge is 2.18. The lowest BCUT2D eigenvalue weighted by Crippen LogP contribution is -2.43. The van der Waals surface area contributed by atoms with Gasteiger partial charge in [-0.25, -0.2) is 0 Å². The summed E-state index contributed by atoms with van der Waals surface area (Å²) in [6.07, 6.45) is 0. The third-order valence-corrected chi connectivity index (χ3v) is 4.19. The fraction of sp³-hybridized carbons (Fsp3) is 0.591. The smallest absolute Gasteiger partial charge is 0.302 e. The van der Waals surface area contributed by atoms with Crippen molar-refractivity contribution >= 4 is 23.5 Å². The molecule has 3 N–H and O–H groups in total. The van der Waals surface area contributed by atoms with Gasteiger partial charge in [-0.15, -0.1) is 0 Å². The number of nitrogens with one attached hydrogen (secondary N) is 3. The molecule has 0 radical (unpaired) electrons. The molecule has 0 aliphatic carbocycles. The summed E-state index contributed by atoms with van der Waals surface area (Å²) in [6, 6.07) is 3.00. The summed E-state index contributed by atoms with van der Waals surface area (Å²) < 4.78 is 10.4. The summed E-state index contributed by atoms with van der Waals surface area (Å²) in [4.78, 5) is 35.5. The minimum absolute atomic E-state index is 0.00681. The van der Waals surface area contributed by atoms with Crippen LogP contribution in [0.25, 0.3) is 0 Å². The van der Waals surface area contributed by atoms with Crippen molar-refractivity contribution in [1.29, 1.82) is 0 Å². The number of benzene rings is 1. The first-order valence-electron chi connectivity index (χ1n) is 10.1. The van der Waals surface area contributed by atoms with Gasteiger partial charge in [-0.1, -0.05) is 12.1 Å². The van der Waals surface area contributed by atoms with Crippen LogP contribution in [0.2, 0.25) is 0 Å². The van der Waals surface area contributed by atoms with E-state index >= 15 is 0 Å². The number of carbonyl (C=O) groups is 3. The first kappa shape index (κ1) is 25.6. The Morgan fingerprint density at radius 2 is 1.70 bits per heavy atom. The van der Waals surface area contributed by atoms with Gasteiger partial charge in [0, 0.05) is 24.7 Å². The van der Waals surface area contributed by atoms with Crippen LogP contribution in [-0.4, -0.2) is 49.1 Å². The molecule has 30 heavy (non-hydrogen) atoms. The standard InChI is InChI=1S/C22H35N3O5/c1-14-10-18(12-30-17(4)26)11-15(2)20(14)25-21(28)16(3)24-19(27)13-29-9-8-23-22(5,6)7/h10-11,16,23H,8-9,12-13H2,1-7H3,(H,24,27)(H,25,28). The lowest BCUT2D eigenvalue weighted by molar-refractivity contribution is -0.142. The summed E-state index contributed by atoms with van der Waals surface area (Å²) >= 11 is 0. The highest BCUT2D eigenvalue weighted by atomic mass is 16.5. The van der Waals surface area contributed by atoms with Crippen LogP contribution in [-0.2, 0) is 30.5 Å². The normalized spacial score (nSPS) is 12.2. The molecule has 1 aromatic rings. The second-order valence-electron chi connectivity index (χ2n) is 8.39. The third kappa shape index (κ3) is 9.84. The van der Waals surface area contributed by atoms with Gasteiger partial charge in [-0.2, -0.15) is 0 Å². The predicted octanol–water partition coefficient (Wildman–Crippen LogP) is 2.21. The Labute approximate surface area is 179 Å². The van der Waals surface area contributed by atoms with E-state index in [-0.39, 0.29) is 36.5 Å². The Kier molecular flexibility index (Phi) is 9.95. The number of hydrogen-bond acceptors (Lipinski definition) is 6. The number of aryl methyl sites for hydroxylation is 2. The molecule has 168 valence electrons. The van der Waals surface area contributed by atoms with E-state index in [1.165, 1.54) is 6.92 Å². The van der Waals surface area contributed by atoms with Crippen LogP contribution in [0.5, 0.6) is 0 Å². The number of rotatable bonds is 10. The van der Waals surface area contributed by atoms with Gasteiger partial charge in [0.05, 0.1) is 6.61 Å². The second kappa shape index (κ2) is 11.7. The predicted molar refractivity (Wildman–Crippen MR) is 116 cm³/mol. The molecule has 1 rings (SSSR count). The van der Waals surface area contributed by atoms with Crippen LogP contribution in [0, 0.1) is 13.8 Å². The number of anilines is 1. The van der Waals surface area contributed by atoms with Gasteiger partial charge < -0.3 is 25.4 Å². The van der Waals surface area contributed by atoms with Crippen molar-refractivity contribution < 1.29 is 23.9 Å². The van der Waals surface area contributed by atoms with Crippen molar-refractivity contribution in [3.8, 4) is 0 Å². The monoisotopic (exact) mass is 421 g/mol. The van der Waals surface area contributed by atoms with Crippen molar-refractivity contribution in [2.75, 3.05) is 25.1 Å². The molecular formula is C22H35N3O5. The molecule has 0 aliphatic heterocycles. The summed E-state index contributed by atoms with van der Waals surface area (Å²) in [5, 5.41) is 8.76. The zero-order valence-electron chi connectivity index (χ0n) is 19.1. The fourth-order valence-corrected chi connectivity index (χ4v) is 2.76. The van der Waals surface area contributed by atoms with E-state index < -0.39 is 6.04 Å². The number of carbonyl (C=O) groups excluding carboxylic acids is 3. The van der Waals surface area contributed by atoms with E-state index in [0.29, 0.717) is 18.8 Å². The molecule has 1 unspecified atom stereocenters. The minimum atomic E-state index is -0.715. The van der Waals surface area contributed by atoms with Crippen molar-refractivity contribution in [1.82, 2.24) is 10.6 Å². The molecule has 8 heteroatoms. The maximum atomic E-state index is 12.5. The van der Waals surface area contributed by atoms with Gasteiger partial charge in [-0.3, -0.25) is 14.4 Å². The summed E-state index contributed by atoms with van der Waals surface area (Å²) in [5.41, 5.74) is 3.21. The van der Waals surface area contributed by atoms with E-state index in [2.05, 4.69) is 36.7 Å². The number of hydrogen-bond donors (Lipinski definition) is 3. The number of amides is 2. The van der Waals surface area contributed by atoms with E-state index in [1.807, 2.05) is 26.0 Å². The van der Waals surface area contributed by atoms with Crippen LogP contribution < -0.4 is 16.0 Å². The van der Waals surface area contributed by atoms with Crippen LogP contribution in [0.15, 0.2) is 12.1 Å². The maximum Gasteiger partial charge on any atom is 0.302 e. The largest absolute Gasteiger partial charge is 0.461 e. The Morgan fingerprint density at radius 1 is 1.10 bits per heavy atom. The average molecular weight is 422 g/mol. The molecule has 0 bridgehead atoms. The molecule has 8 nitrogen and oxygen atoms in total. The van der Waals surface area contributed by atoms with E-state index in [0.717, 1.165) is 16.7 Å². The first-order valence-corrected chi connectivity index (χ1v) is 10.1. The third-order valence-electron chi connectivity index (χ3n) is 4.19. The van der Waals surface area contributed by atoms with Gasteiger partial charge in [0.1, 0.15) is 19.3 Å². The Balaban J connectivity index is 2.51. The average Bonchev–Trinajstić information content (AvgIpc) is 2.61. The lowest BCUT2D eigenvalue weighted by atomic mass is 10.0. The highest BCUT2D eigenvalue weighted by Crippen LogP contribution is 2.23. The van der Waals surface area contributed by atoms with Gasteiger partial charge in [0.25, 0.3) is 0 Å². The van der Waals surface area contributed by atoms with Gasteiger partial charge in [0.2, 0.25) is 11.8 Å². The molecule has 0 heterocycles. The molecule has 0 aromatic heterocycles. The van der Waals surface area contributed by atoms with Crippen LogP contribution >= 0.6 is 0 Å². The maximum absolute atomic E-state index is 12.5. The van der Waals surface area contributed by atoms with Crippen molar-refractivity contribution in [3.05, 3.63) is 28.8 Å². The van der Waals surface area contributed by atoms with Crippen molar-refractivity contribution in [2.45, 2.75) is 66.7 Å². The molecular weight excluding hydrogens is 386 g/mol. The molecule has 0 fully saturated rings. The molecule has 0 spiro atoms. The number of ether oxygens (including phenoxy) is 2. The van der Waals surface area contributed by atoms with Gasteiger partial charge in [0.15, 0.2) is 0 Å². The van der Waals surface area contributed by atoms with Gasteiger partial charge in [-0.05, 0) is 58.2 Å². The molecule has 0 saturated carbocycles. The molecule has 0 aliphatic rings. The van der Waals surface area contributed by atoms with E-state index in [4.69, 9.17) is 9.47 Å². The topological polar surface area (TPSA) is 106 Å². The Morgan fingerprint density at radius 3 is 2.23 bits per heavy atom. The van der Waals surface area contributed by atoms with E-state index in [1.54, 1.807) is 6.92 Å². The molecule has 2 amide bonds. The van der Waals surface area contributed by atoms with Crippen molar-refractivity contribution in [3.63, 3.8) is 0 Å². The molecule has 1 aromatic carbocycles. The molecule has 1 atom stereocenters. The first-order chi connectivity index (χ1) is 13.9. The van der Waals surface area contributed by atoms with Crippen LogP contribution in [0.3, 0.4) is 0 Å². The quantitative estimate of drug-likeness (QED) is 0.395. The minimum Gasteiger partial charge on any atom is -0.461 e. The Bertz CT molecular complexity index is 733. The second-order valence-corrected chi connectivity index (χ2v) is 8.39. The van der Waals surface area contributed by atoms with Gasteiger partial charge >= 0.3 is 5.97 Å². The molecule has 0 saturated heterocycles. The Hall–Kier alpha value is -2.45. The van der Waals surface area contributed by atoms with E-state index in [9.17, 15) is 14.4 Å². The SMILES string of the molecule is CC(=O)OCc1cc(C)c(NC(=O)C(C)NC(=O)COCCNC(C)(C)C)c(C)c1. The fourth-order valence-electron chi connectivity index (χ4n) is 2.76. The zero-order chi connectivity index (χ0) is 22.9. The zero-order valence-corrected chi connectivity index (χ0v) is 19.1. The number of esters is 1. The summed E-state index contributed by atoms with van der Waals surface area (Å²) in [7, 11) is 0. The highest BCUT2D eigenvalue weighted by molar-refractivity contribution is 5.98. The summed E-state index contributed by atoms with van der Waals surface area (Å²) in [5.74, 6) is -1.02.